The maximum Gasteiger partial charge on any atom is 0.223 e. The maximum absolute atomic E-state index is 11.6. The molecular formula is C11H20N2O. The lowest BCUT2D eigenvalue weighted by Crippen LogP contribution is -2.49. The predicted molar refractivity (Wildman–Crippen MR) is 58.0 cm³/mol. The first kappa shape index (κ1) is 11.2. The Morgan fingerprint density at radius 1 is 1.57 bits per heavy atom. The number of hydrogen-bond donors (Lipinski definition) is 2. The summed E-state index contributed by atoms with van der Waals surface area (Å²) in [5, 5.41) is 6.10. The van der Waals surface area contributed by atoms with Gasteiger partial charge < -0.3 is 10.6 Å². The van der Waals surface area contributed by atoms with Gasteiger partial charge in [0.05, 0.1) is 0 Å². The van der Waals surface area contributed by atoms with Crippen LogP contribution in [0.2, 0.25) is 0 Å². The topological polar surface area (TPSA) is 41.1 Å². The third-order valence-corrected chi connectivity index (χ3v) is 2.72. The van der Waals surface area contributed by atoms with Crippen molar-refractivity contribution in [2.45, 2.75) is 20.8 Å². The first-order chi connectivity index (χ1) is 6.61. The SMILES string of the molecule is CC(C)=CCNC(=O)C(C)C1CNC1. The molecule has 3 heteroatoms. The van der Waals surface area contributed by atoms with Gasteiger partial charge in [-0.1, -0.05) is 18.6 Å². The van der Waals surface area contributed by atoms with Gasteiger partial charge in [-0.15, -0.1) is 0 Å². The summed E-state index contributed by atoms with van der Waals surface area (Å²) in [6.07, 6.45) is 2.03. The Bertz CT molecular complexity index is 227. The van der Waals surface area contributed by atoms with Crippen molar-refractivity contribution in [3.8, 4) is 0 Å². The van der Waals surface area contributed by atoms with E-state index in [4.69, 9.17) is 0 Å². The van der Waals surface area contributed by atoms with E-state index in [0.29, 0.717) is 12.5 Å². The highest BCUT2D eigenvalue weighted by atomic mass is 16.1. The molecule has 0 spiro atoms. The molecule has 0 aliphatic carbocycles. The zero-order valence-corrected chi connectivity index (χ0v) is 9.26. The van der Waals surface area contributed by atoms with Gasteiger partial charge in [-0.25, -0.2) is 0 Å². The molecule has 1 atom stereocenters. The molecular weight excluding hydrogens is 176 g/mol. The number of allylic oxidation sites excluding steroid dienone is 1. The lowest BCUT2D eigenvalue weighted by atomic mass is 9.88. The Labute approximate surface area is 86.0 Å². The Morgan fingerprint density at radius 3 is 2.64 bits per heavy atom. The highest BCUT2D eigenvalue weighted by molar-refractivity contribution is 5.78. The normalized spacial score (nSPS) is 18.2. The van der Waals surface area contributed by atoms with Crippen LogP contribution in [-0.4, -0.2) is 25.5 Å². The van der Waals surface area contributed by atoms with Crippen LogP contribution < -0.4 is 10.6 Å². The number of carbonyl (C=O) groups excluding carboxylic acids is 1. The van der Waals surface area contributed by atoms with Crippen molar-refractivity contribution < 1.29 is 4.79 Å². The summed E-state index contributed by atoms with van der Waals surface area (Å²) in [4.78, 5) is 11.6. The second-order valence-electron chi connectivity index (χ2n) is 4.23. The fourth-order valence-electron chi connectivity index (χ4n) is 1.40. The fraction of sp³-hybridized carbons (Fsp3) is 0.727. The first-order valence-electron chi connectivity index (χ1n) is 5.23. The minimum Gasteiger partial charge on any atom is -0.352 e. The van der Waals surface area contributed by atoms with Crippen LogP contribution in [0.1, 0.15) is 20.8 Å². The molecule has 1 aliphatic heterocycles. The average molecular weight is 196 g/mol. The van der Waals surface area contributed by atoms with Crippen molar-refractivity contribution in [1.82, 2.24) is 10.6 Å². The van der Waals surface area contributed by atoms with E-state index in [2.05, 4.69) is 10.6 Å². The summed E-state index contributed by atoms with van der Waals surface area (Å²) in [6, 6.07) is 0. The van der Waals surface area contributed by atoms with E-state index in [0.717, 1.165) is 13.1 Å². The van der Waals surface area contributed by atoms with Crippen LogP contribution in [0, 0.1) is 11.8 Å². The molecule has 1 aliphatic rings. The predicted octanol–water partition coefficient (Wildman–Crippen LogP) is 0.924. The number of nitrogens with one attached hydrogen (secondary N) is 2. The molecule has 0 aromatic rings. The third-order valence-electron chi connectivity index (χ3n) is 2.72. The molecule has 1 fully saturated rings. The highest BCUT2D eigenvalue weighted by Gasteiger charge is 2.28. The van der Waals surface area contributed by atoms with Gasteiger partial charge in [0.1, 0.15) is 0 Å². The van der Waals surface area contributed by atoms with E-state index < -0.39 is 0 Å². The van der Waals surface area contributed by atoms with Gasteiger partial charge in [0.15, 0.2) is 0 Å². The Morgan fingerprint density at radius 2 is 2.21 bits per heavy atom. The summed E-state index contributed by atoms with van der Waals surface area (Å²) < 4.78 is 0. The molecule has 2 N–H and O–H groups in total. The molecule has 0 saturated carbocycles. The van der Waals surface area contributed by atoms with E-state index in [1.54, 1.807) is 0 Å². The van der Waals surface area contributed by atoms with E-state index in [-0.39, 0.29) is 11.8 Å². The average Bonchev–Trinajstić information content (AvgIpc) is 2.00. The molecule has 0 radical (unpaired) electrons. The summed E-state index contributed by atoms with van der Waals surface area (Å²) in [6.45, 7) is 8.69. The zero-order chi connectivity index (χ0) is 10.6. The van der Waals surface area contributed by atoms with Crippen LogP contribution >= 0.6 is 0 Å². The molecule has 1 saturated heterocycles. The Hall–Kier alpha value is -0.830. The summed E-state index contributed by atoms with van der Waals surface area (Å²) in [5.74, 6) is 0.845. The first-order valence-corrected chi connectivity index (χ1v) is 5.23. The van der Waals surface area contributed by atoms with Crippen LogP contribution in [0.25, 0.3) is 0 Å². The number of rotatable bonds is 4. The van der Waals surface area contributed by atoms with Gasteiger partial charge in [-0.05, 0) is 32.9 Å². The summed E-state index contributed by atoms with van der Waals surface area (Å²) in [5.41, 5.74) is 1.24. The maximum atomic E-state index is 11.6. The lowest BCUT2D eigenvalue weighted by molar-refractivity contribution is -0.126. The monoisotopic (exact) mass is 196 g/mol. The van der Waals surface area contributed by atoms with E-state index in [1.807, 2.05) is 26.8 Å². The second kappa shape index (κ2) is 5.15. The smallest absolute Gasteiger partial charge is 0.223 e. The van der Waals surface area contributed by atoms with Gasteiger partial charge in [0.2, 0.25) is 5.91 Å². The van der Waals surface area contributed by atoms with Crippen LogP contribution in [0.5, 0.6) is 0 Å². The molecule has 0 aromatic heterocycles. The minimum absolute atomic E-state index is 0.141. The Balaban J connectivity index is 2.23. The second-order valence-corrected chi connectivity index (χ2v) is 4.23. The molecule has 1 rings (SSSR count). The fourth-order valence-corrected chi connectivity index (χ4v) is 1.40. The summed E-state index contributed by atoms with van der Waals surface area (Å²) in [7, 11) is 0. The lowest BCUT2D eigenvalue weighted by Gasteiger charge is -2.31. The van der Waals surface area contributed by atoms with Crippen LogP contribution in [0.3, 0.4) is 0 Å². The van der Waals surface area contributed by atoms with Crippen molar-refractivity contribution in [3.05, 3.63) is 11.6 Å². The van der Waals surface area contributed by atoms with Gasteiger partial charge in [-0.3, -0.25) is 4.79 Å². The van der Waals surface area contributed by atoms with E-state index in [1.165, 1.54) is 5.57 Å². The quantitative estimate of drug-likeness (QED) is 0.657. The number of carbonyl (C=O) groups is 1. The molecule has 0 bridgehead atoms. The van der Waals surface area contributed by atoms with Crippen molar-refractivity contribution in [2.75, 3.05) is 19.6 Å². The molecule has 0 aromatic carbocycles. The number of amides is 1. The van der Waals surface area contributed by atoms with Crippen molar-refractivity contribution >= 4 is 5.91 Å². The van der Waals surface area contributed by atoms with E-state index >= 15 is 0 Å². The largest absolute Gasteiger partial charge is 0.352 e. The van der Waals surface area contributed by atoms with Crippen molar-refractivity contribution in [3.63, 3.8) is 0 Å². The van der Waals surface area contributed by atoms with Crippen LogP contribution in [0.4, 0.5) is 0 Å². The Kier molecular flexibility index (Phi) is 4.14. The van der Waals surface area contributed by atoms with Crippen molar-refractivity contribution in [2.24, 2.45) is 11.8 Å². The zero-order valence-electron chi connectivity index (χ0n) is 9.26. The highest BCUT2D eigenvalue weighted by Crippen LogP contribution is 2.15. The number of hydrogen-bond acceptors (Lipinski definition) is 2. The molecule has 1 unspecified atom stereocenters. The standard InChI is InChI=1S/C11H20N2O/c1-8(2)4-5-13-11(14)9(3)10-6-12-7-10/h4,9-10,12H,5-7H2,1-3H3,(H,13,14). The van der Waals surface area contributed by atoms with Gasteiger partial charge >= 0.3 is 0 Å². The third kappa shape index (κ3) is 3.14. The van der Waals surface area contributed by atoms with Crippen LogP contribution in [-0.2, 0) is 4.79 Å². The van der Waals surface area contributed by atoms with E-state index in [9.17, 15) is 4.79 Å². The molecule has 1 amide bonds. The van der Waals surface area contributed by atoms with Gasteiger partial charge in [0.25, 0.3) is 0 Å². The van der Waals surface area contributed by atoms with Crippen molar-refractivity contribution in [1.29, 1.82) is 0 Å². The summed E-state index contributed by atoms with van der Waals surface area (Å²) >= 11 is 0. The minimum atomic E-state index is 0.141. The molecule has 14 heavy (non-hydrogen) atoms. The van der Waals surface area contributed by atoms with Crippen LogP contribution in [0.15, 0.2) is 11.6 Å². The molecule has 3 nitrogen and oxygen atoms in total. The molecule has 80 valence electrons. The van der Waals surface area contributed by atoms with Gasteiger partial charge in [-0.2, -0.15) is 0 Å². The molecule has 1 heterocycles. The van der Waals surface area contributed by atoms with Gasteiger partial charge in [0, 0.05) is 12.5 Å².